The van der Waals surface area contributed by atoms with Gasteiger partial charge in [0.25, 0.3) is 0 Å². The molecule has 0 aromatic rings. The first-order chi connectivity index (χ1) is 13.4. The first kappa shape index (κ1) is 26.5. The maximum atomic E-state index is 12.6. The van der Waals surface area contributed by atoms with Crippen LogP contribution in [0.3, 0.4) is 0 Å². The molecular weight excluding hydrogens is 477 g/mol. The fourth-order valence-electron chi connectivity index (χ4n) is 4.58. The summed E-state index contributed by atoms with van der Waals surface area (Å²) in [5.74, 6) is 1.56. The van der Waals surface area contributed by atoms with Crippen LogP contribution in [-0.2, 0) is 4.79 Å². The Balaban J connectivity index is 0.00000420. The Hall–Kier alpha value is -0.570. The number of nitrogens with one attached hydrogen (secondary N) is 2. The van der Waals surface area contributed by atoms with E-state index in [1.54, 1.807) is 0 Å². The summed E-state index contributed by atoms with van der Waals surface area (Å²) >= 11 is 0. The molecule has 1 amide bonds. The first-order valence-corrected chi connectivity index (χ1v) is 11.5. The van der Waals surface area contributed by atoms with Crippen molar-refractivity contribution >= 4 is 35.8 Å². The fourth-order valence-corrected chi connectivity index (χ4v) is 4.58. The number of amides is 1. The molecule has 0 aromatic heterocycles. The van der Waals surface area contributed by atoms with Crippen LogP contribution in [-0.4, -0.2) is 72.5 Å². The molecule has 170 valence electrons. The van der Waals surface area contributed by atoms with Gasteiger partial charge in [0.15, 0.2) is 5.96 Å². The molecule has 0 radical (unpaired) electrons. The summed E-state index contributed by atoms with van der Waals surface area (Å²) in [4.78, 5) is 22.0. The summed E-state index contributed by atoms with van der Waals surface area (Å²) in [5, 5.41) is 6.92. The topological polar surface area (TPSA) is 60.0 Å². The van der Waals surface area contributed by atoms with Gasteiger partial charge in [-0.15, -0.1) is 24.0 Å². The molecule has 1 aliphatic heterocycles. The second kappa shape index (κ2) is 13.7. The van der Waals surface area contributed by atoms with Crippen LogP contribution in [0.25, 0.3) is 0 Å². The number of carbonyl (C=O) groups is 1. The Morgan fingerprint density at radius 1 is 1.14 bits per heavy atom. The van der Waals surface area contributed by atoms with Gasteiger partial charge in [0.1, 0.15) is 0 Å². The van der Waals surface area contributed by atoms with Crippen molar-refractivity contribution in [2.45, 2.75) is 91.3 Å². The summed E-state index contributed by atoms with van der Waals surface area (Å²) in [7, 11) is 0. The number of hydrogen-bond donors (Lipinski definition) is 2. The maximum absolute atomic E-state index is 12.6. The second-order valence-corrected chi connectivity index (χ2v) is 8.94. The number of nitrogens with zero attached hydrogens (tertiary/aromatic N) is 3. The summed E-state index contributed by atoms with van der Waals surface area (Å²) in [6.07, 6.45) is 6.67. The number of rotatable bonds is 9. The van der Waals surface area contributed by atoms with Crippen LogP contribution in [0, 0.1) is 5.92 Å². The fraction of sp³-hybridized carbons (Fsp3) is 0.909. The minimum Gasteiger partial charge on any atom is -0.357 e. The standard InChI is InChI=1S/C22H43N5O.HI/c1-6-23-22(24-13-9-14-27(17(2)3)18(4)5)25-20-12-15-26(16-20)21(28)19-10-7-8-11-19;/h17-20H,6-16H2,1-5H3,(H2,23,24,25);1H. The molecule has 29 heavy (non-hydrogen) atoms. The number of aliphatic imine (C=N–C) groups is 1. The third-order valence-electron chi connectivity index (χ3n) is 6.06. The lowest BCUT2D eigenvalue weighted by Crippen LogP contribution is -2.45. The number of guanidine groups is 1. The molecule has 0 bridgehead atoms. The number of likely N-dealkylation sites (tertiary alicyclic amines) is 1. The van der Waals surface area contributed by atoms with E-state index in [1.807, 2.05) is 0 Å². The van der Waals surface area contributed by atoms with Crippen LogP contribution in [0.4, 0.5) is 0 Å². The van der Waals surface area contributed by atoms with Gasteiger partial charge in [-0.2, -0.15) is 0 Å². The van der Waals surface area contributed by atoms with E-state index in [2.05, 4.69) is 55.1 Å². The zero-order valence-electron chi connectivity index (χ0n) is 19.2. The molecule has 1 aliphatic carbocycles. The highest BCUT2D eigenvalue weighted by Gasteiger charge is 2.32. The molecule has 1 saturated heterocycles. The van der Waals surface area contributed by atoms with Gasteiger partial charge >= 0.3 is 0 Å². The molecule has 1 atom stereocenters. The molecule has 1 unspecified atom stereocenters. The quantitative estimate of drug-likeness (QED) is 0.211. The van der Waals surface area contributed by atoms with Crippen molar-refractivity contribution in [3.05, 3.63) is 0 Å². The van der Waals surface area contributed by atoms with Crippen molar-refractivity contribution < 1.29 is 4.79 Å². The zero-order valence-corrected chi connectivity index (χ0v) is 21.6. The highest BCUT2D eigenvalue weighted by atomic mass is 127. The molecule has 7 heteroatoms. The summed E-state index contributed by atoms with van der Waals surface area (Å²) in [5.41, 5.74) is 0. The molecule has 2 fully saturated rings. The van der Waals surface area contributed by atoms with E-state index >= 15 is 0 Å². The minimum atomic E-state index is 0. The first-order valence-electron chi connectivity index (χ1n) is 11.5. The van der Waals surface area contributed by atoms with Gasteiger partial charge in [-0.05, 0) is 60.3 Å². The van der Waals surface area contributed by atoms with E-state index in [-0.39, 0.29) is 29.9 Å². The van der Waals surface area contributed by atoms with Crippen molar-refractivity contribution in [3.63, 3.8) is 0 Å². The van der Waals surface area contributed by atoms with Crippen molar-refractivity contribution in [1.82, 2.24) is 20.4 Å². The average molecular weight is 522 g/mol. The van der Waals surface area contributed by atoms with Gasteiger partial charge in [-0.3, -0.25) is 14.7 Å². The van der Waals surface area contributed by atoms with Crippen LogP contribution in [0.15, 0.2) is 4.99 Å². The van der Waals surface area contributed by atoms with E-state index in [0.29, 0.717) is 24.0 Å². The summed E-state index contributed by atoms with van der Waals surface area (Å²) < 4.78 is 0. The number of hydrogen-bond acceptors (Lipinski definition) is 3. The smallest absolute Gasteiger partial charge is 0.225 e. The Bertz CT molecular complexity index is 497. The second-order valence-electron chi connectivity index (χ2n) is 8.94. The molecular formula is C22H44IN5O. The molecule has 6 nitrogen and oxygen atoms in total. The highest BCUT2D eigenvalue weighted by Crippen LogP contribution is 2.27. The Morgan fingerprint density at radius 3 is 2.38 bits per heavy atom. The van der Waals surface area contributed by atoms with E-state index in [4.69, 9.17) is 4.99 Å². The third kappa shape index (κ3) is 8.59. The van der Waals surface area contributed by atoms with Crippen LogP contribution in [0.5, 0.6) is 0 Å². The Kier molecular flexibility index (Phi) is 12.5. The highest BCUT2D eigenvalue weighted by molar-refractivity contribution is 14.0. The Labute approximate surface area is 195 Å². The Morgan fingerprint density at radius 2 is 1.79 bits per heavy atom. The van der Waals surface area contributed by atoms with E-state index in [1.165, 1.54) is 12.8 Å². The van der Waals surface area contributed by atoms with E-state index in [9.17, 15) is 4.79 Å². The van der Waals surface area contributed by atoms with Crippen LogP contribution >= 0.6 is 24.0 Å². The van der Waals surface area contributed by atoms with Crippen LogP contribution < -0.4 is 10.6 Å². The predicted molar refractivity (Wildman–Crippen MR) is 133 cm³/mol. The van der Waals surface area contributed by atoms with Crippen LogP contribution in [0.1, 0.15) is 73.1 Å². The monoisotopic (exact) mass is 521 g/mol. The van der Waals surface area contributed by atoms with E-state index < -0.39 is 0 Å². The number of halogens is 1. The lowest BCUT2D eigenvalue weighted by molar-refractivity contribution is -0.134. The van der Waals surface area contributed by atoms with Crippen molar-refractivity contribution in [2.75, 3.05) is 32.7 Å². The van der Waals surface area contributed by atoms with Crippen LogP contribution in [0.2, 0.25) is 0 Å². The number of carbonyl (C=O) groups excluding carboxylic acids is 1. The minimum absolute atomic E-state index is 0. The molecule has 2 aliphatic rings. The predicted octanol–water partition coefficient (Wildman–Crippen LogP) is 3.46. The maximum Gasteiger partial charge on any atom is 0.225 e. The van der Waals surface area contributed by atoms with Gasteiger partial charge in [0.05, 0.1) is 0 Å². The lowest BCUT2D eigenvalue weighted by Gasteiger charge is -2.30. The van der Waals surface area contributed by atoms with E-state index in [0.717, 1.165) is 64.4 Å². The van der Waals surface area contributed by atoms with Crippen molar-refractivity contribution in [1.29, 1.82) is 0 Å². The SMILES string of the molecule is CCNC(=NCCCN(C(C)C)C(C)C)NC1CCN(C(=O)C2CCCC2)C1.I. The van der Waals surface area contributed by atoms with Gasteiger partial charge in [-0.1, -0.05) is 12.8 Å². The molecule has 1 saturated carbocycles. The molecule has 0 aromatic carbocycles. The largest absolute Gasteiger partial charge is 0.357 e. The molecule has 2 rings (SSSR count). The average Bonchev–Trinajstić information content (AvgIpc) is 3.32. The summed E-state index contributed by atoms with van der Waals surface area (Å²) in [6, 6.07) is 1.44. The zero-order chi connectivity index (χ0) is 20.5. The summed E-state index contributed by atoms with van der Waals surface area (Å²) in [6.45, 7) is 15.6. The third-order valence-corrected chi connectivity index (χ3v) is 6.06. The normalized spacial score (nSPS) is 20.6. The van der Waals surface area contributed by atoms with Gasteiger partial charge in [0, 0.05) is 56.8 Å². The van der Waals surface area contributed by atoms with Crippen molar-refractivity contribution in [2.24, 2.45) is 10.9 Å². The lowest BCUT2D eigenvalue weighted by atomic mass is 10.1. The van der Waals surface area contributed by atoms with Gasteiger partial charge < -0.3 is 15.5 Å². The van der Waals surface area contributed by atoms with Crippen molar-refractivity contribution in [3.8, 4) is 0 Å². The molecule has 0 spiro atoms. The molecule has 2 N–H and O–H groups in total. The van der Waals surface area contributed by atoms with Gasteiger partial charge in [0.2, 0.25) is 5.91 Å². The molecule has 1 heterocycles. The van der Waals surface area contributed by atoms with Gasteiger partial charge in [-0.25, -0.2) is 0 Å².